The zero-order valence-electron chi connectivity index (χ0n) is 12.1. The van der Waals surface area contributed by atoms with Crippen LogP contribution in [-0.2, 0) is 13.1 Å². The number of anilines is 1. The van der Waals surface area contributed by atoms with Gasteiger partial charge in [0.15, 0.2) is 0 Å². The van der Waals surface area contributed by atoms with E-state index >= 15 is 0 Å². The lowest BCUT2D eigenvalue weighted by Gasteiger charge is -2.07. The molecule has 2 heterocycles. The molecular formula is C14H18N6O. The van der Waals surface area contributed by atoms with Crippen molar-refractivity contribution in [3.63, 3.8) is 0 Å². The number of H-pyrrole nitrogens is 1. The number of fused-ring (bicyclic) bond motifs is 1. The van der Waals surface area contributed by atoms with Crippen molar-refractivity contribution in [2.24, 2.45) is 0 Å². The van der Waals surface area contributed by atoms with E-state index in [1.54, 1.807) is 0 Å². The minimum atomic E-state index is 0.0949. The molecule has 0 radical (unpaired) electrons. The third-order valence-electron chi connectivity index (χ3n) is 3.63. The fourth-order valence-electron chi connectivity index (χ4n) is 2.44. The summed E-state index contributed by atoms with van der Waals surface area (Å²) in [6, 6.07) is 5.87. The largest absolute Gasteiger partial charge is 0.394 e. The molecule has 2 aromatic heterocycles. The molecule has 7 heteroatoms. The third kappa shape index (κ3) is 2.59. The maximum atomic E-state index is 9.04. The highest BCUT2D eigenvalue weighted by Crippen LogP contribution is 2.18. The standard InChI is InChI=1S/C14H18N6O/c1-9-12(10(2)20(18-9)5-6-21)8-15-11-3-4-13-14(7-11)17-19-16-13/h3-4,7,15,21H,5-6,8H2,1-2H3,(H,16,17,19). The number of rotatable bonds is 5. The van der Waals surface area contributed by atoms with Crippen LogP contribution < -0.4 is 5.32 Å². The van der Waals surface area contributed by atoms with Crippen molar-refractivity contribution >= 4 is 16.7 Å². The molecule has 0 aliphatic rings. The van der Waals surface area contributed by atoms with Gasteiger partial charge < -0.3 is 10.4 Å². The number of hydrogen-bond acceptors (Lipinski definition) is 5. The molecule has 0 aliphatic carbocycles. The van der Waals surface area contributed by atoms with Gasteiger partial charge in [0.05, 0.1) is 18.8 Å². The first-order valence-electron chi connectivity index (χ1n) is 6.87. The number of aromatic nitrogens is 5. The zero-order valence-corrected chi connectivity index (χ0v) is 12.1. The molecule has 21 heavy (non-hydrogen) atoms. The number of aromatic amines is 1. The van der Waals surface area contributed by atoms with Crippen molar-refractivity contribution < 1.29 is 5.11 Å². The molecule has 0 saturated heterocycles. The Hall–Kier alpha value is -2.41. The van der Waals surface area contributed by atoms with Gasteiger partial charge in [-0.3, -0.25) is 4.68 Å². The van der Waals surface area contributed by atoms with Crippen LogP contribution in [0.25, 0.3) is 11.0 Å². The minimum absolute atomic E-state index is 0.0949. The highest BCUT2D eigenvalue weighted by atomic mass is 16.3. The number of nitrogens with one attached hydrogen (secondary N) is 2. The normalized spacial score (nSPS) is 11.2. The van der Waals surface area contributed by atoms with Gasteiger partial charge in [-0.15, -0.1) is 0 Å². The molecular weight excluding hydrogens is 268 g/mol. The van der Waals surface area contributed by atoms with Crippen LogP contribution in [0, 0.1) is 13.8 Å². The van der Waals surface area contributed by atoms with Crippen molar-refractivity contribution in [3.8, 4) is 0 Å². The van der Waals surface area contributed by atoms with Gasteiger partial charge in [0.2, 0.25) is 0 Å². The second kappa shape index (κ2) is 5.53. The number of benzene rings is 1. The highest BCUT2D eigenvalue weighted by Gasteiger charge is 2.11. The Kier molecular flexibility index (Phi) is 3.57. The van der Waals surface area contributed by atoms with E-state index in [0.717, 1.165) is 33.7 Å². The molecule has 3 aromatic rings. The first-order chi connectivity index (χ1) is 10.2. The molecule has 7 nitrogen and oxygen atoms in total. The Morgan fingerprint density at radius 2 is 2.05 bits per heavy atom. The van der Waals surface area contributed by atoms with Crippen molar-refractivity contribution in [1.29, 1.82) is 0 Å². The Labute approximate surface area is 122 Å². The van der Waals surface area contributed by atoms with Gasteiger partial charge >= 0.3 is 0 Å². The Bertz CT molecular complexity index is 760. The molecule has 0 fully saturated rings. The Morgan fingerprint density at radius 3 is 2.86 bits per heavy atom. The van der Waals surface area contributed by atoms with Crippen LogP contribution >= 0.6 is 0 Å². The second-order valence-electron chi connectivity index (χ2n) is 4.98. The van der Waals surface area contributed by atoms with Gasteiger partial charge in [-0.25, -0.2) is 0 Å². The molecule has 3 N–H and O–H groups in total. The first kappa shape index (κ1) is 13.6. The van der Waals surface area contributed by atoms with Gasteiger partial charge in [-0.2, -0.15) is 20.5 Å². The number of aliphatic hydroxyl groups excluding tert-OH is 1. The molecule has 3 rings (SSSR count). The van der Waals surface area contributed by atoms with E-state index in [-0.39, 0.29) is 6.61 Å². The van der Waals surface area contributed by atoms with Gasteiger partial charge in [0.1, 0.15) is 11.0 Å². The van der Waals surface area contributed by atoms with Crippen LogP contribution in [0.1, 0.15) is 17.0 Å². The summed E-state index contributed by atoms with van der Waals surface area (Å²) in [5.74, 6) is 0. The fourth-order valence-corrected chi connectivity index (χ4v) is 2.44. The number of hydrogen-bond donors (Lipinski definition) is 3. The molecule has 0 bridgehead atoms. The van der Waals surface area contributed by atoms with Gasteiger partial charge in [0.25, 0.3) is 0 Å². The van der Waals surface area contributed by atoms with E-state index in [1.807, 2.05) is 36.7 Å². The molecule has 0 aliphatic heterocycles. The van der Waals surface area contributed by atoms with Gasteiger partial charge in [-0.05, 0) is 32.0 Å². The van der Waals surface area contributed by atoms with Crippen LogP contribution in [0.4, 0.5) is 5.69 Å². The second-order valence-corrected chi connectivity index (χ2v) is 4.98. The lowest BCUT2D eigenvalue weighted by Crippen LogP contribution is -2.07. The van der Waals surface area contributed by atoms with Crippen molar-refractivity contribution in [1.82, 2.24) is 25.2 Å². The van der Waals surface area contributed by atoms with Crippen LogP contribution in [0.2, 0.25) is 0 Å². The summed E-state index contributed by atoms with van der Waals surface area (Å²) in [5.41, 5.74) is 5.90. The molecule has 0 amide bonds. The predicted octanol–water partition coefficient (Wildman–Crippen LogP) is 1.38. The van der Waals surface area contributed by atoms with E-state index in [2.05, 4.69) is 25.8 Å². The number of nitrogens with zero attached hydrogens (tertiary/aromatic N) is 4. The number of aryl methyl sites for hydroxylation is 1. The molecule has 1 aromatic carbocycles. The minimum Gasteiger partial charge on any atom is -0.394 e. The van der Waals surface area contributed by atoms with Gasteiger partial charge in [-0.1, -0.05) is 0 Å². The smallest absolute Gasteiger partial charge is 0.115 e. The van der Waals surface area contributed by atoms with E-state index in [0.29, 0.717) is 13.1 Å². The van der Waals surface area contributed by atoms with Crippen molar-refractivity contribution in [2.45, 2.75) is 26.9 Å². The lowest BCUT2D eigenvalue weighted by atomic mass is 10.2. The van der Waals surface area contributed by atoms with Crippen LogP contribution in [-0.4, -0.2) is 36.9 Å². The Balaban J connectivity index is 1.77. The Morgan fingerprint density at radius 1 is 1.24 bits per heavy atom. The zero-order chi connectivity index (χ0) is 14.8. The molecule has 0 saturated carbocycles. The average molecular weight is 286 g/mol. The average Bonchev–Trinajstić information content (AvgIpc) is 3.03. The summed E-state index contributed by atoms with van der Waals surface area (Å²) in [4.78, 5) is 0. The molecule has 110 valence electrons. The summed E-state index contributed by atoms with van der Waals surface area (Å²) in [5, 5.41) is 27.6. The summed E-state index contributed by atoms with van der Waals surface area (Å²) < 4.78 is 1.84. The molecule has 0 spiro atoms. The van der Waals surface area contributed by atoms with E-state index in [9.17, 15) is 0 Å². The third-order valence-corrected chi connectivity index (χ3v) is 3.63. The molecule has 0 atom stereocenters. The number of aliphatic hydroxyl groups is 1. The predicted molar refractivity (Wildman–Crippen MR) is 80.0 cm³/mol. The summed E-state index contributed by atoms with van der Waals surface area (Å²) in [6.07, 6.45) is 0. The van der Waals surface area contributed by atoms with Crippen LogP contribution in [0.3, 0.4) is 0 Å². The maximum absolute atomic E-state index is 9.04. The van der Waals surface area contributed by atoms with E-state index in [4.69, 9.17) is 5.11 Å². The quantitative estimate of drug-likeness (QED) is 0.659. The monoisotopic (exact) mass is 286 g/mol. The molecule has 0 unspecified atom stereocenters. The summed E-state index contributed by atoms with van der Waals surface area (Å²) in [6.45, 7) is 5.31. The maximum Gasteiger partial charge on any atom is 0.115 e. The summed E-state index contributed by atoms with van der Waals surface area (Å²) in [7, 11) is 0. The topological polar surface area (TPSA) is 91.6 Å². The lowest BCUT2D eigenvalue weighted by molar-refractivity contribution is 0.268. The fraction of sp³-hybridized carbons (Fsp3) is 0.357. The van der Waals surface area contributed by atoms with Crippen LogP contribution in [0.5, 0.6) is 0 Å². The van der Waals surface area contributed by atoms with Gasteiger partial charge in [0, 0.05) is 23.5 Å². The van der Waals surface area contributed by atoms with E-state index in [1.165, 1.54) is 0 Å². The van der Waals surface area contributed by atoms with Crippen molar-refractivity contribution in [3.05, 3.63) is 35.2 Å². The first-order valence-corrected chi connectivity index (χ1v) is 6.87. The highest BCUT2D eigenvalue weighted by molar-refractivity contribution is 5.77. The SMILES string of the molecule is Cc1nn(CCO)c(C)c1CNc1ccc2n[nH]nc2c1. The van der Waals surface area contributed by atoms with Crippen molar-refractivity contribution in [2.75, 3.05) is 11.9 Å². The van der Waals surface area contributed by atoms with Crippen LogP contribution in [0.15, 0.2) is 18.2 Å². The van der Waals surface area contributed by atoms with E-state index < -0.39 is 0 Å². The summed E-state index contributed by atoms with van der Waals surface area (Å²) >= 11 is 0.